The standard InChI is InChI=1S/C12H17N3O2S/c1-10-4-6-11(7-5-10)15-9-3-8-13-12(15)14-18(2,16)17/h4-7H,3,8-9H2,1-2H3,(H,13,14). The van der Waals surface area contributed by atoms with Gasteiger partial charge in [-0.25, -0.2) is 8.42 Å². The lowest BCUT2D eigenvalue weighted by atomic mass is 10.2. The van der Waals surface area contributed by atoms with Gasteiger partial charge in [0.1, 0.15) is 0 Å². The lowest BCUT2D eigenvalue weighted by Crippen LogP contribution is -2.46. The summed E-state index contributed by atoms with van der Waals surface area (Å²) >= 11 is 0. The molecule has 0 spiro atoms. The van der Waals surface area contributed by atoms with Crippen molar-refractivity contribution in [2.45, 2.75) is 13.3 Å². The van der Waals surface area contributed by atoms with Crippen LogP contribution < -0.4 is 9.62 Å². The molecule has 0 unspecified atom stereocenters. The Balaban J connectivity index is 2.27. The fraction of sp³-hybridized carbons (Fsp3) is 0.417. The maximum absolute atomic E-state index is 11.3. The van der Waals surface area contributed by atoms with Crippen LogP contribution >= 0.6 is 0 Å². The molecule has 1 aliphatic rings. The number of rotatable bonds is 2. The lowest BCUT2D eigenvalue weighted by molar-refractivity contribution is 0.597. The summed E-state index contributed by atoms with van der Waals surface area (Å²) in [6, 6.07) is 7.95. The molecule has 0 saturated carbocycles. The molecule has 98 valence electrons. The second kappa shape index (κ2) is 4.97. The van der Waals surface area contributed by atoms with E-state index in [0.29, 0.717) is 12.5 Å². The van der Waals surface area contributed by atoms with E-state index in [1.54, 1.807) is 0 Å². The Morgan fingerprint density at radius 3 is 2.56 bits per heavy atom. The molecule has 5 nitrogen and oxygen atoms in total. The van der Waals surface area contributed by atoms with E-state index in [-0.39, 0.29) is 0 Å². The fourth-order valence-corrected chi connectivity index (χ4v) is 2.34. The Hall–Kier alpha value is -1.56. The summed E-state index contributed by atoms with van der Waals surface area (Å²) < 4.78 is 25.1. The maximum atomic E-state index is 11.3. The Kier molecular flexibility index (Phi) is 3.56. The van der Waals surface area contributed by atoms with Gasteiger partial charge in [-0.1, -0.05) is 17.7 Å². The number of nitrogens with one attached hydrogen (secondary N) is 1. The number of sulfonamides is 1. The molecule has 0 atom stereocenters. The molecule has 0 radical (unpaired) electrons. The van der Waals surface area contributed by atoms with Gasteiger partial charge in [0.25, 0.3) is 0 Å². The van der Waals surface area contributed by atoms with Crippen LogP contribution in [0.25, 0.3) is 0 Å². The summed E-state index contributed by atoms with van der Waals surface area (Å²) in [6.45, 7) is 3.44. The molecule has 0 fully saturated rings. The van der Waals surface area contributed by atoms with Crippen molar-refractivity contribution in [3.8, 4) is 0 Å². The minimum Gasteiger partial charge on any atom is -0.312 e. The van der Waals surface area contributed by atoms with Crippen molar-refractivity contribution in [2.75, 3.05) is 24.2 Å². The first-order valence-electron chi connectivity index (χ1n) is 5.82. The van der Waals surface area contributed by atoms with Gasteiger partial charge in [-0.2, -0.15) is 0 Å². The third-order valence-corrected chi connectivity index (χ3v) is 3.23. The van der Waals surface area contributed by atoms with Crippen molar-refractivity contribution in [1.29, 1.82) is 0 Å². The third kappa shape index (κ3) is 3.22. The quantitative estimate of drug-likeness (QED) is 0.873. The molecule has 0 saturated heterocycles. The van der Waals surface area contributed by atoms with Crippen LogP contribution in [0.4, 0.5) is 5.69 Å². The number of guanidine groups is 1. The molecule has 0 bridgehead atoms. The van der Waals surface area contributed by atoms with Crippen molar-refractivity contribution in [1.82, 2.24) is 4.72 Å². The molecule has 2 rings (SSSR count). The Morgan fingerprint density at radius 2 is 1.94 bits per heavy atom. The van der Waals surface area contributed by atoms with E-state index in [0.717, 1.165) is 24.9 Å². The van der Waals surface area contributed by atoms with Crippen LogP contribution in [-0.2, 0) is 10.0 Å². The van der Waals surface area contributed by atoms with Crippen LogP contribution in [0, 0.1) is 6.92 Å². The number of benzene rings is 1. The lowest BCUT2D eigenvalue weighted by Gasteiger charge is -2.29. The van der Waals surface area contributed by atoms with Crippen molar-refractivity contribution in [3.63, 3.8) is 0 Å². The van der Waals surface area contributed by atoms with Crippen LogP contribution in [0.15, 0.2) is 29.3 Å². The summed E-state index contributed by atoms with van der Waals surface area (Å²) in [6.07, 6.45) is 2.06. The number of anilines is 1. The predicted molar refractivity (Wildman–Crippen MR) is 73.4 cm³/mol. The van der Waals surface area contributed by atoms with Gasteiger partial charge in [0.05, 0.1) is 6.26 Å². The number of nitrogens with zero attached hydrogens (tertiary/aromatic N) is 2. The largest absolute Gasteiger partial charge is 0.312 e. The SMILES string of the molecule is Cc1ccc(N2CCCN=C2NS(C)(=O)=O)cc1. The molecule has 18 heavy (non-hydrogen) atoms. The Labute approximate surface area is 108 Å². The molecule has 1 N–H and O–H groups in total. The van der Waals surface area contributed by atoms with Crippen LogP contribution in [0.2, 0.25) is 0 Å². The van der Waals surface area contributed by atoms with Gasteiger partial charge in [-0.05, 0) is 25.5 Å². The monoisotopic (exact) mass is 267 g/mol. The summed E-state index contributed by atoms with van der Waals surface area (Å²) in [5.74, 6) is 0.410. The first-order valence-corrected chi connectivity index (χ1v) is 7.71. The number of hydrogen-bond acceptors (Lipinski definition) is 4. The van der Waals surface area contributed by atoms with E-state index >= 15 is 0 Å². The molecule has 1 aliphatic heterocycles. The van der Waals surface area contributed by atoms with Crippen molar-refractivity contribution in [3.05, 3.63) is 29.8 Å². The molecule has 6 heteroatoms. The summed E-state index contributed by atoms with van der Waals surface area (Å²) in [5, 5.41) is 0. The van der Waals surface area contributed by atoms with E-state index in [2.05, 4.69) is 9.71 Å². The topological polar surface area (TPSA) is 61.8 Å². The van der Waals surface area contributed by atoms with E-state index in [4.69, 9.17) is 0 Å². The van der Waals surface area contributed by atoms with Crippen molar-refractivity contribution in [2.24, 2.45) is 4.99 Å². The fourth-order valence-electron chi connectivity index (χ4n) is 1.83. The normalized spacial score (nSPS) is 16.3. The highest BCUT2D eigenvalue weighted by Gasteiger charge is 2.19. The Morgan fingerprint density at radius 1 is 1.28 bits per heavy atom. The average Bonchev–Trinajstić information content (AvgIpc) is 2.29. The second-order valence-electron chi connectivity index (χ2n) is 4.42. The Bertz CT molecular complexity index is 549. The van der Waals surface area contributed by atoms with Gasteiger partial charge in [0.2, 0.25) is 16.0 Å². The summed E-state index contributed by atoms with van der Waals surface area (Å²) in [7, 11) is -3.30. The molecule has 0 aromatic heterocycles. The molecule has 1 heterocycles. The summed E-state index contributed by atoms with van der Waals surface area (Å²) in [5.41, 5.74) is 2.13. The molecule has 0 amide bonds. The van der Waals surface area contributed by atoms with Gasteiger partial charge in [-0.3, -0.25) is 9.71 Å². The second-order valence-corrected chi connectivity index (χ2v) is 6.17. The number of hydrogen-bond donors (Lipinski definition) is 1. The zero-order valence-electron chi connectivity index (χ0n) is 10.5. The van der Waals surface area contributed by atoms with Gasteiger partial charge in [0.15, 0.2) is 0 Å². The van der Waals surface area contributed by atoms with Crippen LogP contribution in [-0.4, -0.2) is 33.7 Å². The van der Waals surface area contributed by atoms with Gasteiger partial charge >= 0.3 is 0 Å². The van der Waals surface area contributed by atoms with Gasteiger partial charge in [-0.15, -0.1) is 0 Å². The molecule has 1 aromatic carbocycles. The van der Waals surface area contributed by atoms with Crippen LogP contribution in [0.3, 0.4) is 0 Å². The highest BCUT2D eigenvalue weighted by atomic mass is 32.2. The predicted octanol–water partition coefficient (Wildman–Crippen LogP) is 1.11. The third-order valence-electron chi connectivity index (χ3n) is 2.68. The molecular formula is C12H17N3O2S. The van der Waals surface area contributed by atoms with Crippen molar-refractivity contribution >= 4 is 21.7 Å². The molecule has 0 aliphatic carbocycles. The minimum absolute atomic E-state index is 0.410. The van der Waals surface area contributed by atoms with Gasteiger partial charge in [0, 0.05) is 18.8 Å². The molecular weight excluding hydrogens is 250 g/mol. The van der Waals surface area contributed by atoms with E-state index in [1.807, 2.05) is 36.1 Å². The van der Waals surface area contributed by atoms with Crippen LogP contribution in [0.1, 0.15) is 12.0 Å². The first kappa shape index (κ1) is 12.9. The highest BCUT2D eigenvalue weighted by molar-refractivity contribution is 7.89. The van der Waals surface area contributed by atoms with E-state index in [1.165, 1.54) is 5.56 Å². The zero-order chi connectivity index (χ0) is 13.2. The smallest absolute Gasteiger partial charge is 0.232 e. The highest BCUT2D eigenvalue weighted by Crippen LogP contribution is 2.17. The van der Waals surface area contributed by atoms with E-state index < -0.39 is 10.0 Å². The van der Waals surface area contributed by atoms with Gasteiger partial charge < -0.3 is 4.90 Å². The minimum atomic E-state index is -3.30. The number of aryl methyl sites for hydroxylation is 1. The van der Waals surface area contributed by atoms with Crippen LogP contribution in [0.5, 0.6) is 0 Å². The average molecular weight is 267 g/mol. The first-order chi connectivity index (χ1) is 8.46. The zero-order valence-corrected chi connectivity index (χ0v) is 11.4. The maximum Gasteiger partial charge on any atom is 0.232 e. The van der Waals surface area contributed by atoms with Crippen molar-refractivity contribution < 1.29 is 8.42 Å². The molecule has 1 aromatic rings. The summed E-state index contributed by atoms with van der Waals surface area (Å²) in [4.78, 5) is 6.14. The van der Waals surface area contributed by atoms with E-state index in [9.17, 15) is 8.42 Å². The number of aliphatic imine (C=N–C) groups is 1.